The number of aryl methyl sites for hydroxylation is 1. The fraction of sp³-hybridized carbons (Fsp3) is 0.136. The summed E-state index contributed by atoms with van der Waals surface area (Å²) in [5, 5.41) is 0.520. The molecule has 0 atom stereocenters. The van der Waals surface area contributed by atoms with E-state index in [4.69, 9.17) is 11.6 Å². The summed E-state index contributed by atoms with van der Waals surface area (Å²) in [6, 6.07) is 15.2. The van der Waals surface area contributed by atoms with Gasteiger partial charge in [-0.3, -0.25) is 14.2 Å². The fourth-order valence-electron chi connectivity index (χ4n) is 3.22. The molecule has 2 aromatic carbocycles. The van der Waals surface area contributed by atoms with Gasteiger partial charge in [-0.15, -0.1) is 11.3 Å². The first-order valence-electron chi connectivity index (χ1n) is 9.30. The van der Waals surface area contributed by atoms with Crippen LogP contribution in [0.25, 0.3) is 16.6 Å². The maximum Gasteiger partial charge on any atom is 0.265 e. The highest BCUT2D eigenvalue weighted by Gasteiger charge is 2.21. The van der Waals surface area contributed by atoms with Crippen LogP contribution in [0, 0.1) is 6.92 Å². The molecule has 0 aliphatic carbocycles. The van der Waals surface area contributed by atoms with E-state index in [9.17, 15) is 18.0 Å². The van der Waals surface area contributed by atoms with Crippen molar-refractivity contribution in [3.63, 3.8) is 0 Å². The molecular weight excluding hydrogens is 456 g/mol. The molecule has 158 valence electrons. The summed E-state index contributed by atoms with van der Waals surface area (Å²) >= 11 is 6.72. The number of aromatic nitrogens is 2. The van der Waals surface area contributed by atoms with Gasteiger partial charge in [0.15, 0.2) is 15.6 Å². The second-order valence-corrected chi connectivity index (χ2v) is 11.1. The number of nitrogens with zero attached hydrogens (tertiary/aromatic N) is 2. The number of ketones is 1. The quantitative estimate of drug-likeness (QED) is 0.423. The fourth-order valence-corrected chi connectivity index (χ4v) is 6.03. The summed E-state index contributed by atoms with van der Waals surface area (Å²) in [6.45, 7) is 1.94. The summed E-state index contributed by atoms with van der Waals surface area (Å²) in [5.41, 5.74) is 2.74. The number of fused-ring (bicyclic) bond motifs is 1. The summed E-state index contributed by atoms with van der Waals surface area (Å²) in [6.07, 6.45) is 1.45. The predicted molar refractivity (Wildman–Crippen MR) is 122 cm³/mol. The monoisotopic (exact) mass is 472 g/mol. The molecule has 4 rings (SSSR count). The molecule has 0 fully saturated rings. The highest BCUT2D eigenvalue weighted by molar-refractivity contribution is 7.94. The van der Waals surface area contributed by atoms with Crippen LogP contribution in [-0.2, 0) is 21.1 Å². The molecule has 0 aliphatic heterocycles. The van der Waals surface area contributed by atoms with Crippen molar-refractivity contribution in [2.45, 2.75) is 17.6 Å². The smallest absolute Gasteiger partial charge is 0.265 e. The van der Waals surface area contributed by atoms with Crippen LogP contribution >= 0.6 is 22.9 Å². The highest BCUT2D eigenvalue weighted by atomic mass is 35.5. The third-order valence-electron chi connectivity index (χ3n) is 4.74. The van der Waals surface area contributed by atoms with Gasteiger partial charge in [0.05, 0.1) is 20.9 Å². The van der Waals surface area contributed by atoms with Crippen molar-refractivity contribution >= 4 is 49.5 Å². The van der Waals surface area contributed by atoms with Crippen molar-refractivity contribution in [1.29, 1.82) is 0 Å². The largest absolute Gasteiger partial charge is 0.298 e. The van der Waals surface area contributed by atoms with Crippen molar-refractivity contribution in [3.8, 4) is 5.69 Å². The topological polar surface area (TPSA) is 86.1 Å². The summed E-state index contributed by atoms with van der Waals surface area (Å²) < 4.78 is 26.6. The molecule has 0 saturated heterocycles. The van der Waals surface area contributed by atoms with E-state index in [1.807, 2.05) is 19.1 Å². The van der Waals surface area contributed by atoms with Crippen molar-refractivity contribution in [1.82, 2.24) is 9.55 Å². The van der Waals surface area contributed by atoms with Gasteiger partial charge in [-0.25, -0.2) is 13.4 Å². The van der Waals surface area contributed by atoms with Gasteiger partial charge in [0.1, 0.15) is 16.3 Å². The predicted octanol–water partition coefficient (Wildman–Crippen LogP) is 3.99. The Kier molecular flexibility index (Phi) is 5.79. The molecule has 4 aromatic rings. The number of thiophene rings is 1. The Labute approximate surface area is 187 Å². The number of sulfone groups is 1. The molecule has 0 N–H and O–H groups in total. The van der Waals surface area contributed by atoms with Gasteiger partial charge in [-0.2, -0.15) is 0 Å². The van der Waals surface area contributed by atoms with Crippen LogP contribution in [0.5, 0.6) is 0 Å². The number of rotatable bonds is 6. The minimum Gasteiger partial charge on any atom is -0.298 e. The number of Topliss-reactive ketones (excluding diaryl/α,β-unsaturated/α-hetero) is 1. The van der Waals surface area contributed by atoms with E-state index in [1.165, 1.54) is 23.0 Å². The number of carbonyl (C=O) groups is 1. The second kappa shape index (κ2) is 8.37. The van der Waals surface area contributed by atoms with Crippen LogP contribution in [0.2, 0.25) is 4.34 Å². The lowest BCUT2D eigenvalue weighted by atomic mass is 10.1. The van der Waals surface area contributed by atoms with Crippen molar-refractivity contribution in [3.05, 3.63) is 86.7 Å². The Hall–Kier alpha value is -2.81. The normalized spacial score (nSPS) is 11.7. The van der Waals surface area contributed by atoms with Crippen LogP contribution in [-0.4, -0.2) is 29.5 Å². The Morgan fingerprint density at radius 1 is 1.10 bits per heavy atom. The van der Waals surface area contributed by atoms with Crippen molar-refractivity contribution in [2.75, 3.05) is 5.75 Å². The summed E-state index contributed by atoms with van der Waals surface area (Å²) in [4.78, 5) is 29.5. The lowest BCUT2D eigenvalue weighted by molar-refractivity contribution is -0.116. The van der Waals surface area contributed by atoms with Crippen molar-refractivity contribution < 1.29 is 13.2 Å². The number of hydrogen-bond acceptors (Lipinski definition) is 6. The molecule has 0 radical (unpaired) electrons. The van der Waals surface area contributed by atoms with E-state index in [0.717, 1.165) is 16.9 Å². The maximum absolute atomic E-state index is 12.8. The van der Waals surface area contributed by atoms with Crippen LogP contribution in [0.4, 0.5) is 0 Å². The molecule has 0 saturated carbocycles. The Balaban J connectivity index is 1.52. The number of halogens is 1. The summed E-state index contributed by atoms with van der Waals surface area (Å²) in [7, 11) is -3.71. The first-order chi connectivity index (χ1) is 14.7. The molecule has 0 spiro atoms. The third-order valence-corrected chi connectivity index (χ3v) is 8.23. The first-order valence-corrected chi connectivity index (χ1v) is 12.1. The third kappa shape index (κ3) is 4.61. The van der Waals surface area contributed by atoms with Gasteiger partial charge >= 0.3 is 0 Å². The Morgan fingerprint density at radius 2 is 1.84 bits per heavy atom. The average Bonchev–Trinajstić information content (AvgIpc) is 3.16. The van der Waals surface area contributed by atoms with Gasteiger partial charge in [0, 0.05) is 6.42 Å². The Morgan fingerprint density at radius 3 is 2.52 bits per heavy atom. The van der Waals surface area contributed by atoms with Gasteiger partial charge in [0.2, 0.25) is 0 Å². The second-order valence-electron chi connectivity index (χ2n) is 7.14. The zero-order valence-corrected chi connectivity index (χ0v) is 18.8. The van der Waals surface area contributed by atoms with Gasteiger partial charge in [-0.05, 0) is 54.4 Å². The zero-order valence-electron chi connectivity index (χ0n) is 16.4. The molecule has 0 unspecified atom stereocenters. The zero-order chi connectivity index (χ0) is 22.2. The van der Waals surface area contributed by atoms with Gasteiger partial charge < -0.3 is 0 Å². The summed E-state index contributed by atoms with van der Waals surface area (Å²) in [5.74, 6) is -1.00. The van der Waals surface area contributed by atoms with Crippen LogP contribution in [0.1, 0.15) is 11.1 Å². The molecule has 2 heterocycles. The van der Waals surface area contributed by atoms with Crippen LogP contribution in [0.15, 0.2) is 69.9 Å². The van der Waals surface area contributed by atoms with E-state index < -0.39 is 21.4 Å². The molecule has 2 aromatic heterocycles. The molecule has 0 bridgehead atoms. The molecule has 9 heteroatoms. The molecular formula is C22H17ClN2O4S2. The lowest BCUT2D eigenvalue weighted by Gasteiger charge is -2.08. The SMILES string of the molecule is Cc1ccc2c(=O)n(-c3ccc(CC(=O)CS(=O)(=O)c4ccc(Cl)s4)cc3)cnc2c1. The van der Waals surface area contributed by atoms with Crippen LogP contribution in [0.3, 0.4) is 0 Å². The van der Waals surface area contributed by atoms with Crippen LogP contribution < -0.4 is 5.56 Å². The van der Waals surface area contributed by atoms with E-state index in [2.05, 4.69) is 4.98 Å². The van der Waals surface area contributed by atoms with Gasteiger partial charge in [0.25, 0.3) is 5.56 Å². The standard InChI is InChI=1S/C22H17ClN2O4S2/c1-14-2-7-18-19(10-14)24-13-25(22(18)27)16-5-3-15(4-6-16)11-17(26)12-31(28,29)21-9-8-20(23)30-21/h2-10,13H,11-12H2,1H3. The lowest BCUT2D eigenvalue weighted by Crippen LogP contribution is -2.19. The Bertz CT molecular complexity index is 1460. The van der Waals surface area contributed by atoms with Crippen molar-refractivity contribution in [2.24, 2.45) is 0 Å². The van der Waals surface area contributed by atoms with E-state index in [-0.39, 0.29) is 16.2 Å². The average molecular weight is 473 g/mol. The van der Waals surface area contributed by atoms with E-state index >= 15 is 0 Å². The minimum absolute atomic E-state index is 0.0250. The number of carbonyl (C=O) groups excluding carboxylic acids is 1. The van der Waals surface area contributed by atoms with Gasteiger partial charge in [-0.1, -0.05) is 29.8 Å². The van der Waals surface area contributed by atoms with E-state index in [1.54, 1.807) is 30.3 Å². The molecule has 0 aliphatic rings. The highest BCUT2D eigenvalue weighted by Crippen LogP contribution is 2.26. The maximum atomic E-state index is 12.8. The minimum atomic E-state index is -3.71. The number of hydrogen-bond donors (Lipinski definition) is 0. The van der Waals surface area contributed by atoms with E-state index in [0.29, 0.717) is 26.5 Å². The molecule has 6 nitrogen and oxygen atoms in total. The molecule has 31 heavy (non-hydrogen) atoms. The number of benzene rings is 2. The molecule has 0 amide bonds. The first kappa shape index (κ1) is 21.4.